The molecule has 1 atom stereocenters. The predicted molar refractivity (Wildman–Crippen MR) is 66.5 cm³/mol. The van der Waals surface area contributed by atoms with Crippen molar-refractivity contribution < 1.29 is 0 Å². The summed E-state index contributed by atoms with van der Waals surface area (Å²) in [5, 5.41) is 0. The molecule has 0 heteroatoms. The van der Waals surface area contributed by atoms with Gasteiger partial charge in [-0.15, -0.1) is 0 Å². The first-order valence-electron chi connectivity index (χ1n) is 6.03. The van der Waals surface area contributed by atoms with Crippen molar-refractivity contribution in [2.24, 2.45) is 5.92 Å². The first-order valence-corrected chi connectivity index (χ1v) is 6.03. The highest BCUT2D eigenvalue weighted by Gasteiger charge is 1.93. The average molecular weight is 194 g/mol. The van der Waals surface area contributed by atoms with E-state index in [0.717, 1.165) is 5.92 Å². The van der Waals surface area contributed by atoms with E-state index in [1.54, 1.807) is 0 Å². The van der Waals surface area contributed by atoms with Gasteiger partial charge in [0, 0.05) is 0 Å². The van der Waals surface area contributed by atoms with E-state index < -0.39 is 0 Å². The Bertz CT molecular complexity index is 174. The minimum absolute atomic E-state index is 0.760. The Hall–Kier alpha value is -0.520. The van der Waals surface area contributed by atoms with Crippen LogP contribution in [0.3, 0.4) is 0 Å². The molecule has 1 unspecified atom stereocenters. The van der Waals surface area contributed by atoms with Gasteiger partial charge in [0.2, 0.25) is 0 Å². The monoisotopic (exact) mass is 194 g/mol. The second-order valence-corrected chi connectivity index (χ2v) is 4.19. The van der Waals surface area contributed by atoms with Crippen LogP contribution in [0, 0.1) is 5.92 Å². The SMILES string of the molecule is CCC=C(C)CCC=CC(C)CCC. The van der Waals surface area contributed by atoms with E-state index in [4.69, 9.17) is 0 Å². The Labute approximate surface area is 90.1 Å². The van der Waals surface area contributed by atoms with Crippen LogP contribution < -0.4 is 0 Å². The molecule has 82 valence electrons. The van der Waals surface area contributed by atoms with Crippen LogP contribution in [0.5, 0.6) is 0 Å². The molecule has 0 heterocycles. The summed E-state index contributed by atoms with van der Waals surface area (Å²) < 4.78 is 0. The smallest absolute Gasteiger partial charge is 0.0262 e. The highest BCUT2D eigenvalue weighted by atomic mass is 14.0. The second-order valence-electron chi connectivity index (χ2n) is 4.19. The highest BCUT2D eigenvalue weighted by molar-refractivity contribution is 4.99. The van der Waals surface area contributed by atoms with Gasteiger partial charge in [-0.1, -0.05) is 51.0 Å². The largest absolute Gasteiger partial charge is 0.0880 e. The minimum Gasteiger partial charge on any atom is -0.0880 e. The fraction of sp³-hybridized carbons (Fsp3) is 0.714. The van der Waals surface area contributed by atoms with Crippen molar-refractivity contribution in [2.45, 2.75) is 59.8 Å². The van der Waals surface area contributed by atoms with Gasteiger partial charge in [0.1, 0.15) is 0 Å². The van der Waals surface area contributed by atoms with Crippen LogP contribution in [0.15, 0.2) is 23.8 Å². The quantitative estimate of drug-likeness (QED) is 0.494. The molecule has 0 saturated heterocycles. The van der Waals surface area contributed by atoms with Gasteiger partial charge in [0.05, 0.1) is 0 Å². The average Bonchev–Trinajstić information content (AvgIpc) is 2.13. The van der Waals surface area contributed by atoms with Crippen molar-refractivity contribution in [1.29, 1.82) is 0 Å². The van der Waals surface area contributed by atoms with Crippen LogP contribution in [0.4, 0.5) is 0 Å². The van der Waals surface area contributed by atoms with Gasteiger partial charge in [0.25, 0.3) is 0 Å². The third-order valence-corrected chi connectivity index (χ3v) is 2.47. The number of hydrogen-bond acceptors (Lipinski definition) is 0. The van der Waals surface area contributed by atoms with Crippen molar-refractivity contribution in [3.05, 3.63) is 23.8 Å². The number of hydrogen-bond donors (Lipinski definition) is 0. The molecule has 0 aromatic carbocycles. The molecular formula is C14H26. The molecule has 0 aliphatic rings. The summed E-state index contributed by atoms with van der Waals surface area (Å²) in [6, 6.07) is 0. The molecule has 0 aromatic heterocycles. The van der Waals surface area contributed by atoms with Gasteiger partial charge in [-0.05, 0) is 38.5 Å². The van der Waals surface area contributed by atoms with Gasteiger partial charge in [-0.25, -0.2) is 0 Å². The molecule has 0 radical (unpaired) electrons. The zero-order chi connectivity index (χ0) is 10.8. The van der Waals surface area contributed by atoms with E-state index in [-0.39, 0.29) is 0 Å². The summed E-state index contributed by atoms with van der Waals surface area (Å²) >= 11 is 0. The van der Waals surface area contributed by atoms with Crippen LogP contribution in [-0.2, 0) is 0 Å². The van der Waals surface area contributed by atoms with E-state index in [1.165, 1.54) is 37.7 Å². The Morgan fingerprint density at radius 1 is 1.29 bits per heavy atom. The molecule has 0 rings (SSSR count). The molecule has 0 amide bonds. The lowest BCUT2D eigenvalue weighted by atomic mass is 10.0. The molecular weight excluding hydrogens is 168 g/mol. The molecule has 0 nitrogen and oxygen atoms in total. The summed E-state index contributed by atoms with van der Waals surface area (Å²) in [6.07, 6.45) is 13.2. The highest BCUT2D eigenvalue weighted by Crippen LogP contribution is 2.09. The van der Waals surface area contributed by atoms with Gasteiger partial charge in [-0.3, -0.25) is 0 Å². The Morgan fingerprint density at radius 2 is 2.00 bits per heavy atom. The fourth-order valence-corrected chi connectivity index (χ4v) is 1.64. The van der Waals surface area contributed by atoms with Gasteiger partial charge < -0.3 is 0 Å². The first-order chi connectivity index (χ1) is 6.70. The molecule has 0 aliphatic carbocycles. The maximum atomic E-state index is 2.36. The summed E-state index contributed by atoms with van der Waals surface area (Å²) in [7, 11) is 0. The van der Waals surface area contributed by atoms with E-state index in [1.807, 2.05) is 0 Å². The maximum Gasteiger partial charge on any atom is -0.0262 e. The topological polar surface area (TPSA) is 0 Å². The molecule has 0 bridgehead atoms. The molecule has 0 N–H and O–H groups in total. The fourth-order valence-electron chi connectivity index (χ4n) is 1.64. The van der Waals surface area contributed by atoms with Crippen molar-refractivity contribution >= 4 is 0 Å². The van der Waals surface area contributed by atoms with Crippen LogP contribution in [0.2, 0.25) is 0 Å². The zero-order valence-electron chi connectivity index (χ0n) is 10.3. The van der Waals surface area contributed by atoms with Crippen LogP contribution in [0.1, 0.15) is 59.8 Å². The number of rotatable bonds is 7. The van der Waals surface area contributed by atoms with Gasteiger partial charge >= 0.3 is 0 Å². The molecule has 14 heavy (non-hydrogen) atoms. The summed E-state index contributed by atoms with van der Waals surface area (Å²) in [4.78, 5) is 0. The van der Waals surface area contributed by atoms with Crippen LogP contribution >= 0.6 is 0 Å². The normalized spacial score (nSPS) is 15.0. The lowest BCUT2D eigenvalue weighted by molar-refractivity contribution is 0.632. The van der Waals surface area contributed by atoms with E-state index in [2.05, 4.69) is 45.9 Å². The lowest BCUT2D eigenvalue weighted by Crippen LogP contribution is -1.87. The van der Waals surface area contributed by atoms with Crippen molar-refractivity contribution in [2.75, 3.05) is 0 Å². The Morgan fingerprint density at radius 3 is 2.57 bits per heavy atom. The van der Waals surface area contributed by atoms with Crippen molar-refractivity contribution in [1.82, 2.24) is 0 Å². The van der Waals surface area contributed by atoms with E-state index >= 15 is 0 Å². The Balaban J connectivity index is 3.57. The zero-order valence-corrected chi connectivity index (χ0v) is 10.3. The van der Waals surface area contributed by atoms with Crippen molar-refractivity contribution in [3.63, 3.8) is 0 Å². The first kappa shape index (κ1) is 13.5. The van der Waals surface area contributed by atoms with E-state index in [9.17, 15) is 0 Å². The molecule has 0 saturated carbocycles. The third kappa shape index (κ3) is 8.10. The maximum absolute atomic E-state index is 2.36. The van der Waals surface area contributed by atoms with Crippen LogP contribution in [0.25, 0.3) is 0 Å². The second kappa shape index (κ2) is 9.05. The molecule has 0 aromatic rings. The summed E-state index contributed by atoms with van der Waals surface area (Å²) in [6.45, 7) is 8.97. The standard InChI is InChI=1S/C14H26/c1-5-9-13(3)11-7-8-12-14(4)10-6-2/h7,10-11,13H,5-6,8-9,12H2,1-4H3. The molecule has 0 fully saturated rings. The summed E-state index contributed by atoms with van der Waals surface area (Å²) in [5.41, 5.74) is 1.53. The lowest BCUT2D eigenvalue weighted by Gasteiger charge is -2.02. The molecule has 0 aliphatic heterocycles. The van der Waals surface area contributed by atoms with E-state index in [0.29, 0.717) is 0 Å². The van der Waals surface area contributed by atoms with Crippen LogP contribution in [-0.4, -0.2) is 0 Å². The Kier molecular flexibility index (Phi) is 8.72. The summed E-state index contributed by atoms with van der Waals surface area (Å²) in [5.74, 6) is 0.760. The third-order valence-electron chi connectivity index (χ3n) is 2.47. The number of allylic oxidation sites excluding steroid dienone is 4. The van der Waals surface area contributed by atoms with Gasteiger partial charge in [0.15, 0.2) is 0 Å². The predicted octanol–water partition coefficient (Wildman–Crippen LogP) is 5.12. The molecule has 0 spiro atoms. The van der Waals surface area contributed by atoms with Crippen molar-refractivity contribution in [3.8, 4) is 0 Å². The van der Waals surface area contributed by atoms with Gasteiger partial charge in [-0.2, -0.15) is 0 Å². The minimum atomic E-state index is 0.760.